The minimum Gasteiger partial charge on any atom is -0.394 e. The van der Waals surface area contributed by atoms with Gasteiger partial charge in [0.25, 0.3) is 0 Å². The third-order valence-corrected chi connectivity index (χ3v) is 14.9. The lowest BCUT2D eigenvalue weighted by Crippen LogP contribution is -2.65. The van der Waals surface area contributed by atoms with Crippen LogP contribution in [0, 0.1) is 0 Å². The van der Waals surface area contributed by atoms with Crippen molar-refractivity contribution in [3.63, 3.8) is 0 Å². The molecule has 0 aromatic heterocycles. The van der Waals surface area contributed by atoms with Crippen molar-refractivity contribution < 1.29 is 64.6 Å². The van der Waals surface area contributed by atoms with Gasteiger partial charge in [-0.1, -0.05) is 225 Å². The third-order valence-electron chi connectivity index (χ3n) is 14.9. The molecule has 2 rings (SSSR count). The molecule has 12 atom stereocenters. The van der Waals surface area contributed by atoms with E-state index in [0.29, 0.717) is 12.8 Å². The van der Waals surface area contributed by atoms with E-state index < -0.39 is 86.8 Å². The second kappa shape index (κ2) is 52.7. The van der Waals surface area contributed by atoms with E-state index in [1.807, 2.05) is 6.08 Å². The van der Waals surface area contributed by atoms with Crippen LogP contribution < -0.4 is 5.32 Å². The molecule has 0 radical (unpaired) electrons. The topological polar surface area (TPSA) is 228 Å². The van der Waals surface area contributed by atoms with Crippen LogP contribution in [0.3, 0.4) is 0 Å². The fourth-order valence-corrected chi connectivity index (χ4v) is 9.71. The number of unbranched alkanes of at least 4 members (excludes halogenated alkanes) is 19. The maximum Gasteiger partial charge on any atom is 0.220 e. The van der Waals surface area contributed by atoms with Crippen molar-refractivity contribution in [1.82, 2.24) is 5.32 Å². The third kappa shape index (κ3) is 37.5. The Morgan fingerprint density at radius 1 is 0.446 bits per heavy atom. The molecule has 2 aliphatic heterocycles. The Morgan fingerprint density at radius 2 is 0.843 bits per heavy atom. The van der Waals surface area contributed by atoms with E-state index in [1.54, 1.807) is 6.08 Å². The molecule has 1 amide bonds. The highest BCUT2D eigenvalue weighted by atomic mass is 16.7. The van der Waals surface area contributed by atoms with Gasteiger partial charge < -0.3 is 65.1 Å². The molecule has 2 fully saturated rings. The van der Waals surface area contributed by atoms with Crippen LogP contribution in [0.4, 0.5) is 0 Å². The van der Waals surface area contributed by atoms with Gasteiger partial charge in [-0.15, -0.1) is 0 Å². The van der Waals surface area contributed by atoms with Crippen molar-refractivity contribution in [2.24, 2.45) is 0 Å². The SMILES string of the molecule is CC/C=C\C/C=C\C/C=C\C/C=C\C/C=C\C/C=C\C/C=C\CCCCCCCCCCCCCC(=O)NC(COC1OC(CO)C(OC2OC(CO)C(O)C(O)C2O)C(O)C1O)C(O)/C=C/CC/C=C/CC/C=C/CCCCCCCC. The molecule has 0 aliphatic carbocycles. The van der Waals surface area contributed by atoms with Gasteiger partial charge in [-0.3, -0.25) is 4.79 Å². The number of ether oxygens (including phenoxy) is 4. The van der Waals surface area contributed by atoms with Crippen LogP contribution in [-0.2, 0) is 23.7 Å². The van der Waals surface area contributed by atoms with E-state index in [9.17, 15) is 45.6 Å². The zero-order valence-corrected chi connectivity index (χ0v) is 51.1. The van der Waals surface area contributed by atoms with Gasteiger partial charge in [-0.2, -0.15) is 0 Å². The minimum atomic E-state index is -1.80. The highest BCUT2D eigenvalue weighted by Gasteiger charge is 2.51. The molecule has 0 aromatic carbocycles. The summed E-state index contributed by atoms with van der Waals surface area (Å²) < 4.78 is 22.8. The number of aliphatic hydroxyl groups is 8. The van der Waals surface area contributed by atoms with Crippen LogP contribution in [0.2, 0.25) is 0 Å². The summed E-state index contributed by atoms with van der Waals surface area (Å²) in [4.78, 5) is 13.3. The number of hydrogen-bond acceptors (Lipinski definition) is 13. The summed E-state index contributed by atoms with van der Waals surface area (Å²) in [6, 6.07) is -0.948. The lowest BCUT2D eigenvalue weighted by atomic mass is 9.97. The fourth-order valence-electron chi connectivity index (χ4n) is 9.71. The van der Waals surface area contributed by atoms with Crippen molar-refractivity contribution in [2.75, 3.05) is 19.8 Å². The van der Waals surface area contributed by atoms with Crippen molar-refractivity contribution >= 4 is 5.91 Å². The second-order valence-corrected chi connectivity index (χ2v) is 22.1. The van der Waals surface area contributed by atoms with Crippen LogP contribution in [0.5, 0.6) is 0 Å². The highest BCUT2D eigenvalue weighted by molar-refractivity contribution is 5.76. The van der Waals surface area contributed by atoms with E-state index in [2.05, 4.69) is 129 Å². The number of carbonyl (C=O) groups excluding carboxylic acids is 1. The second-order valence-electron chi connectivity index (χ2n) is 22.1. The molecule has 14 heteroatoms. The number of carbonyl (C=O) groups is 1. The average molecular weight is 1170 g/mol. The van der Waals surface area contributed by atoms with Gasteiger partial charge in [0, 0.05) is 6.42 Å². The van der Waals surface area contributed by atoms with Gasteiger partial charge in [0.2, 0.25) is 5.91 Å². The Bertz CT molecular complexity index is 1850. The Labute approximate surface area is 501 Å². The Morgan fingerprint density at radius 3 is 1.33 bits per heavy atom. The van der Waals surface area contributed by atoms with Crippen LogP contribution in [0.25, 0.3) is 0 Å². The molecule has 474 valence electrons. The summed E-state index contributed by atoms with van der Waals surface area (Å²) in [7, 11) is 0. The molecule has 2 aliphatic rings. The number of rotatable bonds is 50. The summed E-state index contributed by atoms with van der Waals surface area (Å²) in [5, 5.41) is 87.2. The largest absolute Gasteiger partial charge is 0.394 e. The van der Waals surface area contributed by atoms with E-state index in [0.717, 1.165) is 96.3 Å². The van der Waals surface area contributed by atoms with Crippen LogP contribution >= 0.6 is 0 Å². The van der Waals surface area contributed by atoms with E-state index >= 15 is 0 Å². The molecule has 14 nitrogen and oxygen atoms in total. The molecule has 0 spiro atoms. The quantitative estimate of drug-likeness (QED) is 0.0204. The zero-order chi connectivity index (χ0) is 60.2. The first-order chi connectivity index (χ1) is 40.6. The van der Waals surface area contributed by atoms with Gasteiger partial charge >= 0.3 is 0 Å². The molecule has 9 N–H and O–H groups in total. The lowest BCUT2D eigenvalue weighted by molar-refractivity contribution is -0.359. The predicted molar refractivity (Wildman–Crippen MR) is 336 cm³/mol. The first-order valence-corrected chi connectivity index (χ1v) is 32.3. The summed E-state index contributed by atoms with van der Waals surface area (Å²) in [6.45, 7) is 2.63. The number of nitrogens with one attached hydrogen (secondary N) is 1. The van der Waals surface area contributed by atoms with E-state index in [1.165, 1.54) is 83.5 Å². The summed E-state index contributed by atoms with van der Waals surface area (Å²) in [5.74, 6) is -0.262. The van der Waals surface area contributed by atoms with Gasteiger partial charge in [0.1, 0.15) is 48.8 Å². The molecular formula is C69H115NO13. The van der Waals surface area contributed by atoms with Crippen LogP contribution in [-0.4, -0.2) is 140 Å². The van der Waals surface area contributed by atoms with Crippen molar-refractivity contribution in [3.05, 3.63) is 122 Å². The first kappa shape index (κ1) is 75.5. The lowest BCUT2D eigenvalue weighted by Gasteiger charge is -2.46. The molecule has 0 saturated carbocycles. The standard InChI is InChI=1S/C69H115NO13/c1-3-5-7-9-11-13-15-17-19-21-22-23-24-25-26-27-28-29-30-31-32-33-34-35-36-37-39-41-43-45-47-49-51-53-61(74)70-57(58(73)52-50-48-46-44-42-40-38-20-18-16-14-12-10-8-6-4-2)56-80-68-66(79)64(77)67(60(55-72)82-68)83-69-65(78)63(76)62(75)59(54-71)81-69/h5,7,11,13,17-20,22-23,25-26,28-29,31-32,42,44,50,52,57-60,62-69,71-73,75-79H,3-4,6,8-10,12,14-16,21,24,27,30,33-41,43,45-49,51,53-56H2,1-2H3,(H,70,74)/b7-5-,13-11-,19-17-,20-18+,23-22-,26-25-,29-28-,32-31-,44-42+,52-50+. The molecule has 12 unspecified atom stereocenters. The van der Waals surface area contributed by atoms with Crippen LogP contribution in [0.15, 0.2) is 122 Å². The zero-order valence-electron chi connectivity index (χ0n) is 51.1. The first-order valence-electron chi connectivity index (χ1n) is 32.3. The molecule has 0 aromatic rings. The predicted octanol–water partition coefficient (Wildman–Crippen LogP) is 12.2. The Kier molecular flexibility index (Phi) is 47.9. The van der Waals surface area contributed by atoms with Gasteiger partial charge in [-0.25, -0.2) is 0 Å². The molecular weight excluding hydrogens is 1050 g/mol. The smallest absolute Gasteiger partial charge is 0.220 e. The van der Waals surface area contributed by atoms with Crippen LogP contribution in [0.1, 0.15) is 213 Å². The summed E-state index contributed by atoms with van der Waals surface area (Å²) >= 11 is 0. The average Bonchev–Trinajstić information content (AvgIpc) is 3.63. The number of amides is 1. The monoisotopic (exact) mass is 1170 g/mol. The van der Waals surface area contributed by atoms with Crippen molar-refractivity contribution in [3.8, 4) is 0 Å². The molecule has 0 bridgehead atoms. The minimum absolute atomic E-state index is 0.258. The van der Waals surface area contributed by atoms with Gasteiger partial charge in [-0.05, 0) is 103 Å². The van der Waals surface area contributed by atoms with Crippen molar-refractivity contribution in [1.29, 1.82) is 0 Å². The highest BCUT2D eigenvalue weighted by Crippen LogP contribution is 2.30. The van der Waals surface area contributed by atoms with Gasteiger partial charge in [0.05, 0.1) is 32.0 Å². The molecule has 2 heterocycles. The number of hydrogen-bond donors (Lipinski definition) is 9. The number of aliphatic hydroxyl groups excluding tert-OH is 8. The Balaban J connectivity index is 1.69. The van der Waals surface area contributed by atoms with E-state index in [4.69, 9.17) is 18.9 Å². The van der Waals surface area contributed by atoms with E-state index in [-0.39, 0.29) is 18.9 Å². The molecule has 2 saturated heterocycles. The summed E-state index contributed by atoms with van der Waals surface area (Å²) in [6.07, 6.45) is 59.5. The van der Waals surface area contributed by atoms with Crippen molar-refractivity contribution in [2.45, 2.75) is 286 Å². The number of allylic oxidation sites excluding steroid dienone is 19. The fraction of sp³-hybridized carbons (Fsp3) is 0.696. The normalized spacial score (nSPS) is 24.7. The maximum atomic E-state index is 13.3. The van der Waals surface area contributed by atoms with Gasteiger partial charge in [0.15, 0.2) is 12.6 Å². The Hall–Kier alpha value is -3.61. The maximum absolute atomic E-state index is 13.3. The molecule has 83 heavy (non-hydrogen) atoms. The summed E-state index contributed by atoms with van der Waals surface area (Å²) in [5.41, 5.74) is 0.